The molecule has 0 amide bonds. The minimum absolute atomic E-state index is 0.172. The summed E-state index contributed by atoms with van der Waals surface area (Å²) in [5.74, 6) is -0.126. The van der Waals surface area contributed by atoms with Crippen molar-refractivity contribution in [2.24, 2.45) is 0 Å². The van der Waals surface area contributed by atoms with Crippen molar-refractivity contribution in [1.82, 2.24) is 4.90 Å². The van der Waals surface area contributed by atoms with E-state index >= 15 is 0 Å². The smallest absolute Gasteiger partial charge is 0.123 e. The second-order valence-corrected chi connectivity index (χ2v) is 4.92. The summed E-state index contributed by atoms with van der Waals surface area (Å²) in [7, 11) is 0. The molecule has 2 aliphatic heterocycles. The number of fused-ring (bicyclic) bond motifs is 2. The summed E-state index contributed by atoms with van der Waals surface area (Å²) in [5.41, 5.74) is 0.659. The maximum absolute atomic E-state index is 13.1. The number of morpholine rings is 1. The molecule has 2 atom stereocenters. The van der Waals surface area contributed by atoms with Gasteiger partial charge in [0.15, 0.2) is 0 Å². The lowest BCUT2D eigenvalue weighted by molar-refractivity contribution is -0.0412. The molecule has 0 spiro atoms. The van der Waals surface area contributed by atoms with E-state index in [1.807, 2.05) is 0 Å². The zero-order valence-corrected chi connectivity index (χ0v) is 9.60. The first kappa shape index (κ1) is 11.0. The van der Waals surface area contributed by atoms with E-state index in [0.29, 0.717) is 24.3 Å². The summed E-state index contributed by atoms with van der Waals surface area (Å²) < 4.78 is 18.9. The number of ether oxygens (including phenoxy) is 1. The van der Waals surface area contributed by atoms with Crippen LogP contribution in [0, 0.1) is 5.82 Å². The van der Waals surface area contributed by atoms with Gasteiger partial charge in [-0.15, -0.1) is 0 Å². The van der Waals surface area contributed by atoms with Crippen LogP contribution in [0.25, 0.3) is 0 Å². The van der Waals surface area contributed by atoms with Crippen molar-refractivity contribution in [2.45, 2.75) is 31.6 Å². The van der Waals surface area contributed by atoms with Crippen molar-refractivity contribution in [3.8, 4) is 5.75 Å². The average Bonchev–Trinajstić information content (AvgIpc) is 2.63. The topological polar surface area (TPSA) is 32.7 Å². The predicted molar refractivity (Wildman–Crippen MR) is 61.2 cm³/mol. The minimum Gasteiger partial charge on any atom is -0.508 e. The van der Waals surface area contributed by atoms with Crippen LogP contribution in [-0.4, -0.2) is 35.3 Å². The molecule has 2 bridgehead atoms. The van der Waals surface area contributed by atoms with Gasteiger partial charge in [0.1, 0.15) is 11.6 Å². The number of rotatable bonds is 2. The maximum Gasteiger partial charge on any atom is 0.123 e. The highest BCUT2D eigenvalue weighted by molar-refractivity contribution is 5.32. The SMILES string of the molecule is Oc1ccc(F)cc1CN1CC2CCC(C1)O2. The van der Waals surface area contributed by atoms with E-state index in [-0.39, 0.29) is 11.6 Å². The Hall–Kier alpha value is -1.13. The molecular weight excluding hydrogens is 221 g/mol. The molecular formula is C13H16FNO2. The highest BCUT2D eigenvalue weighted by Gasteiger charge is 2.33. The molecule has 1 aromatic rings. The van der Waals surface area contributed by atoms with Crippen molar-refractivity contribution < 1.29 is 14.2 Å². The van der Waals surface area contributed by atoms with E-state index in [1.165, 1.54) is 18.2 Å². The van der Waals surface area contributed by atoms with E-state index in [0.717, 1.165) is 25.9 Å². The van der Waals surface area contributed by atoms with Gasteiger partial charge in [-0.25, -0.2) is 4.39 Å². The lowest BCUT2D eigenvalue weighted by Crippen LogP contribution is -2.41. The molecule has 1 aromatic carbocycles. The van der Waals surface area contributed by atoms with E-state index in [2.05, 4.69) is 4.90 Å². The molecule has 3 nitrogen and oxygen atoms in total. The van der Waals surface area contributed by atoms with Crippen LogP contribution in [-0.2, 0) is 11.3 Å². The molecule has 2 aliphatic rings. The molecule has 0 saturated carbocycles. The van der Waals surface area contributed by atoms with Gasteiger partial charge < -0.3 is 9.84 Å². The number of halogens is 1. The van der Waals surface area contributed by atoms with Crippen LogP contribution in [0.3, 0.4) is 0 Å². The number of likely N-dealkylation sites (tertiary alicyclic amines) is 1. The van der Waals surface area contributed by atoms with Gasteiger partial charge >= 0.3 is 0 Å². The number of aromatic hydroxyl groups is 1. The molecule has 4 heteroatoms. The Labute approximate surface area is 99.8 Å². The van der Waals surface area contributed by atoms with Crippen LogP contribution >= 0.6 is 0 Å². The number of phenolic OH excluding ortho intramolecular Hbond substituents is 1. The Bertz CT molecular complexity index is 412. The van der Waals surface area contributed by atoms with Gasteiger partial charge in [0, 0.05) is 25.2 Å². The maximum atomic E-state index is 13.1. The Morgan fingerprint density at radius 2 is 2.00 bits per heavy atom. The molecule has 0 aliphatic carbocycles. The normalized spacial score (nSPS) is 28.5. The summed E-state index contributed by atoms with van der Waals surface area (Å²) in [6.45, 7) is 2.36. The Morgan fingerprint density at radius 3 is 2.71 bits per heavy atom. The summed E-state index contributed by atoms with van der Waals surface area (Å²) >= 11 is 0. The van der Waals surface area contributed by atoms with Crippen LogP contribution in [0.15, 0.2) is 18.2 Å². The molecule has 17 heavy (non-hydrogen) atoms. The second-order valence-electron chi connectivity index (χ2n) is 4.92. The predicted octanol–water partition coefficient (Wildman–Crippen LogP) is 1.89. The first-order valence-electron chi connectivity index (χ1n) is 6.06. The van der Waals surface area contributed by atoms with Crippen molar-refractivity contribution in [3.63, 3.8) is 0 Å². The third-order valence-electron chi connectivity index (χ3n) is 3.55. The Balaban J connectivity index is 1.72. The van der Waals surface area contributed by atoms with Gasteiger partial charge in [-0.3, -0.25) is 4.90 Å². The number of hydrogen-bond acceptors (Lipinski definition) is 3. The van der Waals surface area contributed by atoms with Gasteiger partial charge in [-0.2, -0.15) is 0 Å². The molecule has 0 aromatic heterocycles. The number of hydrogen-bond donors (Lipinski definition) is 1. The summed E-state index contributed by atoms with van der Waals surface area (Å²) in [6.07, 6.45) is 2.89. The molecule has 3 rings (SSSR count). The lowest BCUT2D eigenvalue weighted by atomic mass is 10.1. The van der Waals surface area contributed by atoms with Crippen LogP contribution in [0.1, 0.15) is 18.4 Å². The molecule has 92 valence electrons. The highest BCUT2D eigenvalue weighted by Crippen LogP contribution is 2.28. The Morgan fingerprint density at radius 1 is 1.29 bits per heavy atom. The van der Waals surface area contributed by atoms with Crippen molar-refractivity contribution in [3.05, 3.63) is 29.6 Å². The molecule has 2 unspecified atom stereocenters. The standard InChI is InChI=1S/C13H16FNO2/c14-10-1-4-13(16)9(5-10)6-15-7-11-2-3-12(8-15)17-11/h1,4-5,11-12,16H,2-3,6-8H2. The summed E-state index contributed by atoms with van der Waals surface area (Å²) in [6, 6.07) is 4.11. The van der Waals surface area contributed by atoms with E-state index < -0.39 is 0 Å². The second kappa shape index (κ2) is 4.27. The van der Waals surface area contributed by atoms with Crippen LogP contribution in [0.2, 0.25) is 0 Å². The largest absolute Gasteiger partial charge is 0.508 e. The lowest BCUT2D eigenvalue weighted by Gasteiger charge is -2.32. The van der Waals surface area contributed by atoms with Gasteiger partial charge in [-0.05, 0) is 31.0 Å². The summed E-state index contributed by atoms with van der Waals surface area (Å²) in [4.78, 5) is 2.24. The molecule has 2 saturated heterocycles. The van der Waals surface area contributed by atoms with Crippen molar-refractivity contribution in [2.75, 3.05) is 13.1 Å². The van der Waals surface area contributed by atoms with Gasteiger partial charge in [-0.1, -0.05) is 0 Å². The number of benzene rings is 1. The highest BCUT2D eigenvalue weighted by atomic mass is 19.1. The monoisotopic (exact) mass is 237 g/mol. The van der Waals surface area contributed by atoms with Crippen molar-refractivity contribution >= 4 is 0 Å². The number of phenols is 1. The van der Waals surface area contributed by atoms with E-state index in [1.54, 1.807) is 0 Å². The number of nitrogens with zero attached hydrogens (tertiary/aromatic N) is 1. The average molecular weight is 237 g/mol. The first-order valence-corrected chi connectivity index (χ1v) is 6.06. The zero-order chi connectivity index (χ0) is 11.8. The van der Waals surface area contributed by atoms with Gasteiger partial charge in [0.25, 0.3) is 0 Å². The fourth-order valence-corrected chi connectivity index (χ4v) is 2.75. The Kier molecular flexibility index (Phi) is 2.76. The molecule has 2 heterocycles. The third kappa shape index (κ3) is 2.28. The summed E-state index contributed by atoms with van der Waals surface area (Å²) in [5, 5.41) is 9.69. The quantitative estimate of drug-likeness (QED) is 0.852. The van der Waals surface area contributed by atoms with Crippen LogP contribution in [0.4, 0.5) is 4.39 Å². The van der Waals surface area contributed by atoms with E-state index in [9.17, 15) is 9.50 Å². The van der Waals surface area contributed by atoms with Crippen molar-refractivity contribution in [1.29, 1.82) is 0 Å². The molecule has 2 fully saturated rings. The molecule has 0 radical (unpaired) electrons. The van der Waals surface area contributed by atoms with Crippen LogP contribution in [0.5, 0.6) is 5.75 Å². The minimum atomic E-state index is -0.297. The fraction of sp³-hybridized carbons (Fsp3) is 0.538. The zero-order valence-electron chi connectivity index (χ0n) is 9.60. The fourth-order valence-electron chi connectivity index (χ4n) is 2.75. The molecule has 1 N–H and O–H groups in total. The van der Waals surface area contributed by atoms with Crippen LogP contribution < -0.4 is 0 Å². The van der Waals surface area contributed by atoms with E-state index in [4.69, 9.17) is 4.74 Å². The van der Waals surface area contributed by atoms with Gasteiger partial charge in [0.05, 0.1) is 12.2 Å². The third-order valence-corrected chi connectivity index (χ3v) is 3.55. The first-order chi connectivity index (χ1) is 8.20. The van der Waals surface area contributed by atoms with Gasteiger partial charge in [0.2, 0.25) is 0 Å².